The van der Waals surface area contributed by atoms with Crippen LogP contribution in [0, 0.1) is 13.8 Å². The van der Waals surface area contributed by atoms with Gasteiger partial charge in [0.15, 0.2) is 0 Å². The average molecular weight is 457 g/mol. The summed E-state index contributed by atoms with van der Waals surface area (Å²) in [6.45, 7) is 9.88. The number of carbonyl (C=O) groups is 2. The van der Waals surface area contributed by atoms with Crippen molar-refractivity contribution in [1.29, 1.82) is 0 Å². The Morgan fingerprint density at radius 1 is 1.03 bits per heavy atom. The van der Waals surface area contributed by atoms with Gasteiger partial charge in [-0.15, -0.1) is 0 Å². The van der Waals surface area contributed by atoms with Crippen LogP contribution in [0.5, 0.6) is 5.75 Å². The van der Waals surface area contributed by atoms with Gasteiger partial charge in [-0.25, -0.2) is 0 Å². The number of Topliss-reactive ketones (excluding diaryl/α,β-unsaturated/α-hetero) is 1. The summed E-state index contributed by atoms with van der Waals surface area (Å²) in [6, 6.07) is 13.1. The minimum absolute atomic E-state index is 0.0342. The standard InChI is InChI=1S/C28H28N2O4/c1-16-8-11-22(31)21(13-16)30-24(18-7-6-12-29-15-18)23(26(33)27(30)34)25(32)20-14-19(28(3,4)5)10-9-17(20)2/h6-15,24,31-32H,1-5H3/b25-23+. The maximum absolute atomic E-state index is 13.4. The number of rotatable bonds is 3. The molecule has 0 spiro atoms. The van der Waals surface area contributed by atoms with Crippen molar-refractivity contribution in [3.05, 3.63) is 94.3 Å². The van der Waals surface area contributed by atoms with Crippen LogP contribution in [-0.2, 0) is 15.0 Å². The number of amides is 1. The third-order valence-corrected chi connectivity index (χ3v) is 6.19. The number of phenols is 1. The topological polar surface area (TPSA) is 90.7 Å². The second-order valence-electron chi connectivity index (χ2n) is 9.73. The van der Waals surface area contributed by atoms with Crippen molar-refractivity contribution >= 4 is 23.1 Å². The van der Waals surface area contributed by atoms with Crippen LogP contribution in [-0.4, -0.2) is 26.9 Å². The summed E-state index contributed by atoms with van der Waals surface area (Å²) in [6.07, 6.45) is 3.15. The summed E-state index contributed by atoms with van der Waals surface area (Å²) >= 11 is 0. The Labute approximate surface area is 199 Å². The van der Waals surface area contributed by atoms with Crippen molar-refractivity contribution in [2.75, 3.05) is 4.90 Å². The number of phenolic OH excluding ortho intramolecular Hbond substituents is 1. The highest BCUT2D eigenvalue weighted by Gasteiger charge is 2.48. The molecule has 0 saturated carbocycles. The van der Waals surface area contributed by atoms with Crippen LogP contribution in [0.4, 0.5) is 5.69 Å². The van der Waals surface area contributed by atoms with Gasteiger partial charge in [0.25, 0.3) is 11.7 Å². The largest absolute Gasteiger partial charge is 0.507 e. The zero-order valence-electron chi connectivity index (χ0n) is 20.0. The Hall–Kier alpha value is -3.93. The van der Waals surface area contributed by atoms with Crippen LogP contribution >= 0.6 is 0 Å². The second kappa shape index (κ2) is 8.45. The van der Waals surface area contributed by atoms with Crippen molar-refractivity contribution in [2.45, 2.75) is 46.1 Å². The van der Waals surface area contributed by atoms with Crippen LogP contribution < -0.4 is 4.90 Å². The van der Waals surface area contributed by atoms with E-state index in [4.69, 9.17) is 0 Å². The number of nitrogens with zero attached hydrogens (tertiary/aromatic N) is 2. The number of pyridine rings is 1. The number of anilines is 1. The van der Waals surface area contributed by atoms with Crippen molar-refractivity contribution in [1.82, 2.24) is 4.98 Å². The van der Waals surface area contributed by atoms with E-state index in [1.54, 1.807) is 36.7 Å². The molecule has 1 saturated heterocycles. The van der Waals surface area contributed by atoms with Crippen LogP contribution in [0.2, 0.25) is 0 Å². The van der Waals surface area contributed by atoms with E-state index in [1.807, 2.05) is 32.0 Å². The Morgan fingerprint density at radius 2 is 1.76 bits per heavy atom. The first-order valence-corrected chi connectivity index (χ1v) is 11.1. The number of aliphatic hydroxyl groups is 1. The first-order valence-electron chi connectivity index (χ1n) is 11.1. The molecule has 174 valence electrons. The van der Waals surface area contributed by atoms with Gasteiger partial charge in [-0.2, -0.15) is 0 Å². The van der Waals surface area contributed by atoms with E-state index in [-0.39, 0.29) is 28.2 Å². The summed E-state index contributed by atoms with van der Waals surface area (Å²) in [5, 5.41) is 22.1. The summed E-state index contributed by atoms with van der Waals surface area (Å²) in [7, 11) is 0. The maximum Gasteiger partial charge on any atom is 0.300 e. The van der Waals surface area contributed by atoms with Gasteiger partial charge in [0.1, 0.15) is 11.5 Å². The smallest absolute Gasteiger partial charge is 0.300 e. The molecule has 2 N–H and O–H groups in total. The van der Waals surface area contributed by atoms with Crippen molar-refractivity contribution in [3.63, 3.8) is 0 Å². The Kier molecular flexibility index (Phi) is 5.77. The Morgan fingerprint density at radius 3 is 2.41 bits per heavy atom. The Balaban J connectivity index is 2.00. The zero-order chi connectivity index (χ0) is 24.8. The first-order chi connectivity index (χ1) is 16.0. The maximum atomic E-state index is 13.4. The number of hydrogen-bond acceptors (Lipinski definition) is 5. The molecule has 2 aromatic carbocycles. The third-order valence-electron chi connectivity index (χ3n) is 6.19. The molecule has 2 heterocycles. The lowest BCUT2D eigenvalue weighted by molar-refractivity contribution is -0.132. The van der Waals surface area contributed by atoms with Gasteiger partial charge >= 0.3 is 0 Å². The molecule has 1 amide bonds. The fourth-order valence-electron chi connectivity index (χ4n) is 4.25. The molecule has 1 atom stereocenters. The van der Waals surface area contributed by atoms with Crippen LogP contribution in [0.25, 0.3) is 5.76 Å². The molecule has 1 aliphatic rings. The molecular formula is C28H28N2O4. The van der Waals surface area contributed by atoms with Gasteiger partial charge in [-0.05, 0) is 65.8 Å². The molecule has 1 aromatic heterocycles. The van der Waals surface area contributed by atoms with E-state index in [0.29, 0.717) is 11.1 Å². The third kappa shape index (κ3) is 3.96. The molecule has 34 heavy (non-hydrogen) atoms. The molecule has 0 aliphatic carbocycles. The lowest BCUT2D eigenvalue weighted by Gasteiger charge is -2.26. The molecule has 1 unspecified atom stereocenters. The van der Waals surface area contributed by atoms with E-state index >= 15 is 0 Å². The minimum Gasteiger partial charge on any atom is -0.507 e. The van der Waals surface area contributed by atoms with Gasteiger partial charge in [-0.1, -0.05) is 45.0 Å². The predicted octanol–water partition coefficient (Wildman–Crippen LogP) is 5.33. The molecule has 6 nitrogen and oxygen atoms in total. The van der Waals surface area contributed by atoms with Crippen molar-refractivity contribution < 1.29 is 19.8 Å². The lowest BCUT2D eigenvalue weighted by atomic mass is 9.84. The average Bonchev–Trinajstić information content (AvgIpc) is 3.05. The van der Waals surface area contributed by atoms with E-state index < -0.39 is 17.7 Å². The number of aliphatic hydroxyl groups excluding tert-OH is 1. The van der Waals surface area contributed by atoms with Gasteiger partial charge in [-0.3, -0.25) is 19.5 Å². The van der Waals surface area contributed by atoms with Crippen LogP contribution in [0.15, 0.2) is 66.5 Å². The molecular weight excluding hydrogens is 428 g/mol. The van der Waals surface area contributed by atoms with Gasteiger partial charge in [0.05, 0.1) is 17.3 Å². The molecule has 1 fully saturated rings. The highest BCUT2D eigenvalue weighted by atomic mass is 16.3. The summed E-state index contributed by atoms with van der Waals surface area (Å²) < 4.78 is 0. The number of aryl methyl sites for hydroxylation is 2. The van der Waals surface area contributed by atoms with Gasteiger partial charge in [0.2, 0.25) is 0 Å². The molecule has 0 radical (unpaired) electrons. The first kappa shape index (κ1) is 23.2. The summed E-state index contributed by atoms with van der Waals surface area (Å²) in [4.78, 5) is 32.1. The number of aromatic nitrogens is 1. The van der Waals surface area contributed by atoms with Gasteiger partial charge < -0.3 is 10.2 Å². The molecule has 4 rings (SSSR count). The Bertz CT molecular complexity index is 1320. The monoisotopic (exact) mass is 456 g/mol. The summed E-state index contributed by atoms with van der Waals surface area (Å²) in [5.74, 6) is -2.01. The van der Waals surface area contributed by atoms with Crippen LogP contribution in [0.3, 0.4) is 0 Å². The number of ketones is 1. The number of aromatic hydroxyl groups is 1. The SMILES string of the molecule is Cc1ccc(O)c(N2C(=O)C(=O)/C(=C(/O)c3cc(C(C)(C)C)ccc3C)C2c2cccnc2)c1. The minimum atomic E-state index is -0.945. The number of carbonyl (C=O) groups excluding carboxylic acids is 2. The van der Waals surface area contributed by atoms with Crippen molar-refractivity contribution in [2.24, 2.45) is 0 Å². The summed E-state index contributed by atoms with van der Waals surface area (Å²) in [5.41, 5.74) is 3.62. The number of hydrogen-bond donors (Lipinski definition) is 2. The fraction of sp³-hybridized carbons (Fsp3) is 0.250. The van der Waals surface area contributed by atoms with Gasteiger partial charge in [0, 0.05) is 18.0 Å². The van der Waals surface area contributed by atoms with E-state index in [2.05, 4.69) is 25.8 Å². The number of benzene rings is 2. The quantitative estimate of drug-likeness (QED) is 0.316. The lowest BCUT2D eigenvalue weighted by Crippen LogP contribution is -2.29. The molecule has 3 aromatic rings. The molecule has 6 heteroatoms. The molecule has 0 bridgehead atoms. The predicted molar refractivity (Wildman–Crippen MR) is 132 cm³/mol. The zero-order valence-corrected chi connectivity index (χ0v) is 20.0. The van der Waals surface area contributed by atoms with E-state index in [9.17, 15) is 19.8 Å². The highest BCUT2D eigenvalue weighted by Crippen LogP contribution is 2.45. The van der Waals surface area contributed by atoms with E-state index in [0.717, 1.165) is 16.7 Å². The second-order valence-corrected chi connectivity index (χ2v) is 9.73. The van der Waals surface area contributed by atoms with Crippen molar-refractivity contribution in [3.8, 4) is 5.75 Å². The molecule has 1 aliphatic heterocycles. The van der Waals surface area contributed by atoms with E-state index in [1.165, 1.54) is 11.0 Å². The fourth-order valence-corrected chi connectivity index (χ4v) is 4.25. The normalized spacial score (nSPS) is 17.9. The van der Waals surface area contributed by atoms with Crippen LogP contribution in [0.1, 0.15) is 54.6 Å². The highest BCUT2D eigenvalue weighted by molar-refractivity contribution is 6.52.